The molecule has 1 fully saturated rings. The number of thiophene rings is 1. The Morgan fingerprint density at radius 2 is 2.00 bits per heavy atom. The van der Waals surface area contributed by atoms with Crippen LogP contribution in [0.25, 0.3) is 21.6 Å². The number of H-pyrrole nitrogens is 1. The van der Waals surface area contributed by atoms with E-state index in [1.54, 1.807) is 11.3 Å². The Morgan fingerprint density at radius 3 is 2.76 bits per heavy atom. The number of fused-ring (bicyclic) bond motifs is 1. The van der Waals surface area contributed by atoms with Crippen LogP contribution in [0.1, 0.15) is 29.3 Å². The van der Waals surface area contributed by atoms with Gasteiger partial charge in [-0.25, -0.2) is 0 Å². The van der Waals surface area contributed by atoms with Crippen molar-refractivity contribution in [2.75, 3.05) is 26.2 Å². The summed E-state index contributed by atoms with van der Waals surface area (Å²) in [7, 11) is 0. The largest absolute Gasteiger partial charge is 0.351 e. The SMILES string of the molecule is CC(c1nc(-c2cccs2)no1)N1CCN(C(=O)c2cc3ccccc3[nH]2)CC1. The van der Waals surface area contributed by atoms with Gasteiger partial charge in [-0.1, -0.05) is 29.4 Å². The summed E-state index contributed by atoms with van der Waals surface area (Å²) in [5.74, 6) is 1.30. The molecule has 1 unspecified atom stereocenters. The topological polar surface area (TPSA) is 78.3 Å². The maximum absolute atomic E-state index is 12.9. The molecule has 0 saturated carbocycles. The Labute approximate surface area is 171 Å². The van der Waals surface area contributed by atoms with Crippen LogP contribution in [0.5, 0.6) is 0 Å². The summed E-state index contributed by atoms with van der Waals surface area (Å²) in [5, 5.41) is 7.16. The lowest BCUT2D eigenvalue weighted by Crippen LogP contribution is -2.49. The van der Waals surface area contributed by atoms with Crippen LogP contribution in [-0.2, 0) is 0 Å². The third-order valence-electron chi connectivity index (χ3n) is 5.45. The predicted molar refractivity (Wildman–Crippen MR) is 112 cm³/mol. The Morgan fingerprint density at radius 1 is 1.17 bits per heavy atom. The number of aromatic nitrogens is 3. The maximum Gasteiger partial charge on any atom is 0.270 e. The smallest absolute Gasteiger partial charge is 0.270 e. The van der Waals surface area contributed by atoms with Gasteiger partial charge in [0.1, 0.15) is 5.69 Å². The third-order valence-corrected chi connectivity index (χ3v) is 6.32. The van der Waals surface area contributed by atoms with E-state index in [0.29, 0.717) is 30.5 Å². The monoisotopic (exact) mass is 407 g/mol. The van der Waals surface area contributed by atoms with Crippen molar-refractivity contribution in [3.05, 3.63) is 59.4 Å². The van der Waals surface area contributed by atoms with Crippen LogP contribution in [0.3, 0.4) is 0 Å². The van der Waals surface area contributed by atoms with E-state index < -0.39 is 0 Å². The van der Waals surface area contributed by atoms with E-state index in [-0.39, 0.29) is 11.9 Å². The zero-order chi connectivity index (χ0) is 19.8. The van der Waals surface area contributed by atoms with Crippen molar-refractivity contribution >= 4 is 28.1 Å². The summed E-state index contributed by atoms with van der Waals surface area (Å²) >= 11 is 1.59. The van der Waals surface area contributed by atoms with Crippen LogP contribution < -0.4 is 0 Å². The molecular weight excluding hydrogens is 386 g/mol. The van der Waals surface area contributed by atoms with Crippen molar-refractivity contribution in [1.82, 2.24) is 24.9 Å². The molecule has 29 heavy (non-hydrogen) atoms. The zero-order valence-electron chi connectivity index (χ0n) is 16.0. The second-order valence-electron chi connectivity index (χ2n) is 7.21. The van der Waals surface area contributed by atoms with Gasteiger partial charge in [0, 0.05) is 37.1 Å². The predicted octanol–water partition coefficient (Wildman–Crippen LogP) is 3.80. The minimum atomic E-state index is 0.0153. The summed E-state index contributed by atoms with van der Waals surface area (Å²) in [6.07, 6.45) is 0. The third kappa shape index (κ3) is 3.45. The molecule has 1 atom stereocenters. The molecule has 1 aliphatic heterocycles. The summed E-state index contributed by atoms with van der Waals surface area (Å²) in [5.41, 5.74) is 1.63. The van der Waals surface area contributed by atoms with Gasteiger partial charge in [-0.15, -0.1) is 11.3 Å². The number of amides is 1. The summed E-state index contributed by atoms with van der Waals surface area (Å²) in [6, 6.07) is 13.8. The summed E-state index contributed by atoms with van der Waals surface area (Å²) in [6.45, 7) is 4.95. The highest BCUT2D eigenvalue weighted by atomic mass is 32.1. The van der Waals surface area contributed by atoms with Crippen molar-refractivity contribution in [3.8, 4) is 10.7 Å². The maximum atomic E-state index is 12.9. The number of para-hydroxylation sites is 1. The number of aromatic amines is 1. The average Bonchev–Trinajstić information content (AvgIpc) is 3.52. The minimum absolute atomic E-state index is 0.0153. The van der Waals surface area contributed by atoms with Gasteiger partial charge < -0.3 is 14.4 Å². The Bertz CT molecular complexity index is 1090. The van der Waals surface area contributed by atoms with E-state index >= 15 is 0 Å². The first-order chi connectivity index (χ1) is 14.2. The molecule has 0 bridgehead atoms. The van der Waals surface area contributed by atoms with Crippen LogP contribution in [0, 0.1) is 0 Å². The lowest BCUT2D eigenvalue weighted by atomic mass is 10.2. The molecule has 1 N–H and O–H groups in total. The van der Waals surface area contributed by atoms with Crippen molar-refractivity contribution in [2.24, 2.45) is 0 Å². The van der Waals surface area contributed by atoms with Gasteiger partial charge in [-0.05, 0) is 30.5 Å². The first-order valence-electron chi connectivity index (χ1n) is 9.67. The molecule has 4 heterocycles. The zero-order valence-corrected chi connectivity index (χ0v) is 16.9. The molecule has 0 spiro atoms. The molecule has 3 aromatic heterocycles. The number of nitrogens with zero attached hydrogens (tertiary/aromatic N) is 4. The molecule has 4 aromatic rings. The molecule has 0 aliphatic carbocycles. The second kappa shape index (κ2) is 7.46. The lowest BCUT2D eigenvalue weighted by Gasteiger charge is -2.36. The Hall–Kier alpha value is -2.97. The van der Waals surface area contributed by atoms with E-state index in [4.69, 9.17) is 4.52 Å². The quantitative estimate of drug-likeness (QED) is 0.557. The minimum Gasteiger partial charge on any atom is -0.351 e. The normalized spacial score (nSPS) is 16.4. The van der Waals surface area contributed by atoms with Crippen LogP contribution in [0.2, 0.25) is 0 Å². The molecule has 0 radical (unpaired) electrons. The van der Waals surface area contributed by atoms with E-state index in [1.165, 1.54) is 0 Å². The van der Waals surface area contributed by atoms with Crippen molar-refractivity contribution in [3.63, 3.8) is 0 Å². The van der Waals surface area contributed by atoms with Crippen molar-refractivity contribution in [2.45, 2.75) is 13.0 Å². The number of rotatable bonds is 4. The molecule has 148 valence electrons. The molecule has 1 aromatic carbocycles. The Balaban J connectivity index is 1.23. The fourth-order valence-electron chi connectivity index (χ4n) is 3.74. The van der Waals surface area contributed by atoms with E-state index in [9.17, 15) is 4.79 Å². The number of carbonyl (C=O) groups excluding carboxylic acids is 1. The van der Waals surface area contributed by atoms with E-state index in [2.05, 4.69) is 26.9 Å². The first kappa shape index (κ1) is 18.1. The number of hydrogen-bond donors (Lipinski definition) is 1. The molecule has 1 amide bonds. The molecule has 1 saturated heterocycles. The fourth-order valence-corrected chi connectivity index (χ4v) is 4.39. The summed E-state index contributed by atoms with van der Waals surface area (Å²) < 4.78 is 5.50. The van der Waals surface area contributed by atoms with Crippen LogP contribution in [-0.4, -0.2) is 57.0 Å². The van der Waals surface area contributed by atoms with E-state index in [1.807, 2.05) is 52.7 Å². The highest BCUT2D eigenvalue weighted by molar-refractivity contribution is 7.13. The van der Waals surface area contributed by atoms with Gasteiger partial charge in [0.2, 0.25) is 11.7 Å². The van der Waals surface area contributed by atoms with Gasteiger partial charge in [0.25, 0.3) is 5.91 Å². The molecule has 1 aliphatic rings. The van der Waals surface area contributed by atoms with Crippen molar-refractivity contribution in [1.29, 1.82) is 0 Å². The number of hydrogen-bond acceptors (Lipinski definition) is 6. The molecular formula is C21H21N5O2S. The number of benzene rings is 1. The van der Waals surface area contributed by atoms with Crippen LogP contribution in [0.15, 0.2) is 52.4 Å². The van der Waals surface area contributed by atoms with Crippen molar-refractivity contribution < 1.29 is 9.32 Å². The Kier molecular flexibility index (Phi) is 4.65. The first-order valence-corrected chi connectivity index (χ1v) is 10.6. The highest BCUT2D eigenvalue weighted by Gasteiger charge is 2.28. The van der Waals surface area contributed by atoms with Crippen LogP contribution in [0.4, 0.5) is 0 Å². The van der Waals surface area contributed by atoms with Gasteiger partial charge >= 0.3 is 0 Å². The average molecular weight is 407 g/mol. The molecule has 5 rings (SSSR count). The van der Waals surface area contributed by atoms with E-state index in [0.717, 1.165) is 28.9 Å². The standard InChI is InChI=1S/C21H21N5O2S/c1-14(20-23-19(24-28-20)18-7-4-12-29-18)25-8-10-26(11-9-25)21(27)17-13-15-5-2-3-6-16(15)22-17/h2-7,12-14,22H,8-11H2,1H3. The second-order valence-corrected chi connectivity index (χ2v) is 8.16. The van der Waals surface area contributed by atoms with Gasteiger partial charge in [0.15, 0.2) is 0 Å². The fraction of sp³-hybridized carbons (Fsp3) is 0.286. The van der Waals surface area contributed by atoms with Crippen LogP contribution >= 0.6 is 11.3 Å². The van der Waals surface area contributed by atoms with Gasteiger partial charge in [-0.2, -0.15) is 4.98 Å². The number of nitrogens with one attached hydrogen (secondary N) is 1. The summed E-state index contributed by atoms with van der Waals surface area (Å²) in [4.78, 5) is 25.9. The number of carbonyl (C=O) groups is 1. The van der Waals surface area contributed by atoms with Gasteiger partial charge in [-0.3, -0.25) is 9.69 Å². The lowest BCUT2D eigenvalue weighted by molar-refractivity contribution is 0.0547. The number of piperazine rings is 1. The highest BCUT2D eigenvalue weighted by Crippen LogP contribution is 2.26. The van der Waals surface area contributed by atoms with Gasteiger partial charge in [0.05, 0.1) is 10.9 Å². The molecule has 7 nitrogen and oxygen atoms in total. The molecule has 8 heteroatoms.